The second-order valence-electron chi connectivity index (χ2n) is 4.01. The summed E-state index contributed by atoms with van der Waals surface area (Å²) in [6.45, 7) is 14.9. The van der Waals surface area contributed by atoms with Gasteiger partial charge in [-0.25, -0.2) is 0 Å². The average molecular weight is 169 g/mol. The van der Waals surface area contributed by atoms with E-state index < -0.39 is 0 Å². The molecule has 12 heavy (non-hydrogen) atoms. The molecule has 0 spiro atoms. The highest BCUT2D eigenvalue weighted by molar-refractivity contribution is 4.93. The maximum absolute atomic E-state index is 3.87. The average Bonchev–Trinajstić information content (AvgIpc) is 2.02. The van der Waals surface area contributed by atoms with Gasteiger partial charge in [-0.1, -0.05) is 27.4 Å². The van der Waals surface area contributed by atoms with Gasteiger partial charge in [0.15, 0.2) is 0 Å². The molecule has 0 heterocycles. The molecular weight excluding hydrogens is 146 g/mol. The molecule has 0 aliphatic rings. The zero-order valence-electron chi connectivity index (χ0n) is 9.20. The van der Waals surface area contributed by atoms with Crippen molar-refractivity contribution in [1.82, 2.24) is 5.32 Å². The lowest BCUT2D eigenvalue weighted by Crippen LogP contribution is -2.39. The quantitative estimate of drug-likeness (QED) is 0.665. The van der Waals surface area contributed by atoms with Crippen molar-refractivity contribution in [3.8, 4) is 0 Å². The van der Waals surface area contributed by atoms with Gasteiger partial charge >= 0.3 is 0 Å². The molecule has 0 aromatic carbocycles. The molecule has 0 saturated heterocycles. The first-order valence-electron chi connectivity index (χ1n) is 4.88. The number of hydrogen-bond donors (Lipinski definition) is 1. The lowest BCUT2D eigenvalue weighted by molar-refractivity contribution is 0.220. The summed E-state index contributed by atoms with van der Waals surface area (Å²) < 4.78 is 0. The van der Waals surface area contributed by atoms with E-state index in [9.17, 15) is 0 Å². The van der Waals surface area contributed by atoms with E-state index in [0.717, 1.165) is 5.70 Å². The number of nitrogens with one attached hydrogen (secondary N) is 1. The van der Waals surface area contributed by atoms with E-state index in [1.165, 1.54) is 12.8 Å². The summed E-state index contributed by atoms with van der Waals surface area (Å²) in [5, 5.41) is 3.39. The Morgan fingerprint density at radius 3 is 2.08 bits per heavy atom. The highest BCUT2D eigenvalue weighted by Gasteiger charge is 2.26. The Hall–Kier alpha value is -0.460. The van der Waals surface area contributed by atoms with E-state index in [4.69, 9.17) is 0 Å². The van der Waals surface area contributed by atoms with Gasteiger partial charge in [-0.15, -0.1) is 0 Å². The molecule has 0 aliphatic carbocycles. The summed E-state index contributed by atoms with van der Waals surface area (Å²) in [4.78, 5) is 0. The van der Waals surface area contributed by atoms with Crippen LogP contribution >= 0.6 is 0 Å². The van der Waals surface area contributed by atoms with Gasteiger partial charge in [0.25, 0.3) is 0 Å². The van der Waals surface area contributed by atoms with E-state index in [1.54, 1.807) is 0 Å². The van der Waals surface area contributed by atoms with Crippen molar-refractivity contribution >= 4 is 0 Å². The van der Waals surface area contributed by atoms with Gasteiger partial charge in [0.2, 0.25) is 0 Å². The van der Waals surface area contributed by atoms with Gasteiger partial charge in [-0.3, -0.25) is 0 Å². The first-order chi connectivity index (χ1) is 5.46. The van der Waals surface area contributed by atoms with E-state index >= 15 is 0 Å². The molecule has 0 rings (SSSR count). The Bertz CT molecular complexity index is 145. The molecule has 0 aromatic heterocycles. The standard InChI is InChI=1S/C11H23N/c1-7-11(6,8-2)10(5)12-9(3)4/h10,12H,3,7-8H2,1-2,4-6H3. The highest BCUT2D eigenvalue weighted by Crippen LogP contribution is 2.29. The van der Waals surface area contributed by atoms with E-state index in [-0.39, 0.29) is 0 Å². The van der Waals surface area contributed by atoms with Crippen LogP contribution in [0.4, 0.5) is 0 Å². The molecular formula is C11H23N. The lowest BCUT2D eigenvalue weighted by atomic mass is 9.78. The number of hydrogen-bond acceptors (Lipinski definition) is 1. The van der Waals surface area contributed by atoms with Crippen LogP contribution in [0.3, 0.4) is 0 Å². The fourth-order valence-corrected chi connectivity index (χ4v) is 1.41. The second-order valence-corrected chi connectivity index (χ2v) is 4.01. The van der Waals surface area contributed by atoms with E-state index in [0.29, 0.717) is 11.5 Å². The zero-order valence-corrected chi connectivity index (χ0v) is 9.20. The van der Waals surface area contributed by atoms with Gasteiger partial charge in [0.05, 0.1) is 0 Å². The summed E-state index contributed by atoms with van der Waals surface area (Å²) >= 11 is 0. The van der Waals surface area contributed by atoms with Crippen molar-refractivity contribution in [3.63, 3.8) is 0 Å². The third-order valence-electron chi connectivity index (χ3n) is 3.12. The molecule has 1 atom stereocenters. The smallest absolute Gasteiger partial charge is 0.0283 e. The molecule has 0 radical (unpaired) electrons. The third kappa shape index (κ3) is 2.88. The van der Waals surface area contributed by atoms with Crippen LogP contribution in [0, 0.1) is 5.41 Å². The maximum atomic E-state index is 3.87. The third-order valence-corrected chi connectivity index (χ3v) is 3.12. The molecule has 0 bridgehead atoms. The van der Waals surface area contributed by atoms with E-state index in [2.05, 4.69) is 39.6 Å². The van der Waals surface area contributed by atoms with Gasteiger partial charge < -0.3 is 5.32 Å². The van der Waals surface area contributed by atoms with Crippen LogP contribution < -0.4 is 5.32 Å². The van der Waals surface area contributed by atoms with Crippen molar-refractivity contribution in [2.75, 3.05) is 0 Å². The lowest BCUT2D eigenvalue weighted by Gasteiger charge is -2.35. The monoisotopic (exact) mass is 169 g/mol. The van der Waals surface area contributed by atoms with Gasteiger partial charge in [-0.2, -0.15) is 0 Å². The molecule has 0 amide bonds. The SMILES string of the molecule is C=C(C)NC(C)C(C)(CC)CC. The minimum absolute atomic E-state index is 0.402. The van der Waals surface area contributed by atoms with Crippen LogP contribution in [0.1, 0.15) is 47.5 Å². The Morgan fingerprint density at radius 1 is 1.42 bits per heavy atom. The van der Waals surface area contributed by atoms with Crippen molar-refractivity contribution in [2.24, 2.45) is 5.41 Å². The first-order valence-corrected chi connectivity index (χ1v) is 4.88. The van der Waals surface area contributed by atoms with Crippen LogP contribution in [0.25, 0.3) is 0 Å². The first kappa shape index (κ1) is 11.5. The summed E-state index contributed by atoms with van der Waals surface area (Å²) in [5.41, 5.74) is 1.47. The van der Waals surface area contributed by atoms with Crippen molar-refractivity contribution < 1.29 is 0 Å². The molecule has 1 unspecified atom stereocenters. The minimum atomic E-state index is 0.402. The molecule has 0 fully saturated rings. The molecule has 1 heteroatoms. The van der Waals surface area contributed by atoms with Gasteiger partial charge in [-0.05, 0) is 32.1 Å². The van der Waals surface area contributed by atoms with Crippen molar-refractivity contribution in [3.05, 3.63) is 12.3 Å². The topological polar surface area (TPSA) is 12.0 Å². The Labute approximate surface area is 77.2 Å². The summed E-state index contributed by atoms with van der Waals surface area (Å²) in [6, 6.07) is 0.519. The minimum Gasteiger partial charge on any atom is -0.386 e. The zero-order chi connectivity index (χ0) is 9.78. The van der Waals surface area contributed by atoms with Crippen molar-refractivity contribution in [1.29, 1.82) is 0 Å². The Morgan fingerprint density at radius 2 is 1.83 bits per heavy atom. The molecule has 0 aromatic rings. The van der Waals surface area contributed by atoms with Gasteiger partial charge in [0, 0.05) is 11.7 Å². The maximum Gasteiger partial charge on any atom is 0.0283 e. The predicted octanol–water partition coefficient (Wildman–Crippen LogP) is 3.32. The molecule has 0 aliphatic heterocycles. The van der Waals surface area contributed by atoms with Crippen LogP contribution in [0.5, 0.6) is 0 Å². The molecule has 72 valence electrons. The Balaban J connectivity index is 4.20. The highest BCUT2D eigenvalue weighted by atomic mass is 14.9. The van der Waals surface area contributed by atoms with Crippen LogP contribution in [-0.4, -0.2) is 6.04 Å². The Kier molecular flexibility index (Phi) is 4.36. The largest absolute Gasteiger partial charge is 0.386 e. The number of allylic oxidation sites excluding steroid dienone is 1. The molecule has 0 saturated carbocycles. The second kappa shape index (κ2) is 4.54. The van der Waals surface area contributed by atoms with Crippen molar-refractivity contribution in [2.45, 2.75) is 53.5 Å². The summed E-state index contributed by atoms with van der Waals surface area (Å²) in [5.74, 6) is 0. The fraction of sp³-hybridized carbons (Fsp3) is 0.818. The van der Waals surface area contributed by atoms with Crippen LogP contribution in [0.2, 0.25) is 0 Å². The van der Waals surface area contributed by atoms with Gasteiger partial charge in [0.1, 0.15) is 0 Å². The van der Waals surface area contributed by atoms with E-state index in [1.807, 2.05) is 6.92 Å². The molecule has 1 N–H and O–H groups in total. The normalized spacial score (nSPS) is 14.1. The fourth-order valence-electron chi connectivity index (χ4n) is 1.41. The summed E-state index contributed by atoms with van der Waals surface area (Å²) in [6.07, 6.45) is 2.43. The summed E-state index contributed by atoms with van der Waals surface area (Å²) in [7, 11) is 0. The van der Waals surface area contributed by atoms with Crippen LogP contribution in [0.15, 0.2) is 12.3 Å². The molecule has 1 nitrogen and oxygen atoms in total. The number of rotatable bonds is 5. The van der Waals surface area contributed by atoms with Crippen LogP contribution in [-0.2, 0) is 0 Å². The predicted molar refractivity (Wildman–Crippen MR) is 56.1 cm³/mol.